The van der Waals surface area contributed by atoms with Gasteiger partial charge in [-0.05, 0) is 54.6 Å². The molecule has 3 heterocycles. The first-order valence-electron chi connectivity index (χ1n) is 10.0. The summed E-state index contributed by atoms with van der Waals surface area (Å²) in [5.74, 6) is -0.0783. The first-order valence-corrected chi connectivity index (χ1v) is 13.3. The summed E-state index contributed by atoms with van der Waals surface area (Å²) in [6, 6.07) is 14.3. The van der Waals surface area contributed by atoms with Gasteiger partial charge in [0, 0.05) is 17.3 Å². The lowest BCUT2D eigenvalue weighted by molar-refractivity contribution is -0.134. The van der Waals surface area contributed by atoms with E-state index in [1.807, 2.05) is 53.9 Å². The third-order valence-electron chi connectivity index (χ3n) is 5.58. The van der Waals surface area contributed by atoms with Gasteiger partial charge in [0.1, 0.15) is 0 Å². The van der Waals surface area contributed by atoms with Gasteiger partial charge in [0.15, 0.2) is 0 Å². The van der Waals surface area contributed by atoms with E-state index in [9.17, 15) is 13.2 Å². The van der Waals surface area contributed by atoms with Crippen molar-refractivity contribution in [2.45, 2.75) is 30.3 Å². The SMILES string of the molecule is CC(c1ccc(S(N)(=O)=O)cc1)N(C)CC(=O)N1N=C(c2cccs2)CC1c1cccs1. The molecule has 0 bridgehead atoms. The zero-order valence-corrected chi connectivity index (χ0v) is 20.2. The van der Waals surface area contributed by atoms with Crippen LogP contribution < -0.4 is 5.14 Å². The molecule has 2 aromatic heterocycles. The lowest BCUT2D eigenvalue weighted by Crippen LogP contribution is -2.37. The number of hydrazone groups is 1. The van der Waals surface area contributed by atoms with Gasteiger partial charge in [-0.3, -0.25) is 9.69 Å². The smallest absolute Gasteiger partial charge is 0.257 e. The van der Waals surface area contributed by atoms with Crippen LogP contribution in [0.25, 0.3) is 0 Å². The van der Waals surface area contributed by atoms with Crippen molar-refractivity contribution in [1.82, 2.24) is 9.91 Å². The van der Waals surface area contributed by atoms with Gasteiger partial charge < -0.3 is 0 Å². The number of thiophene rings is 2. The van der Waals surface area contributed by atoms with E-state index in [0.717, 1.165) is 21.0 Å². The van der Waals surface area contributed by atoms with E-state index in [1.165, 1.54) is 12.1 Å². The van der Waals surface area contributed by atoms with Crippen LogP contribution >= 0.6 is 22.7 Å². The Balaban J connectivity index is 1.50. The van der Waals surface area contributed by atoms with Crippen molar-refractivity contribution >= 4 is 44.3 Å². The van der Waals surface area contributed by atoms with Crippen LogP contribution in [0.4, 0.5) is 0 Å². The van der Waals surface area contributed by atoms with E-state index in [-0.39, 0.29) is 29.4 Å². The molecule has 0 spiro atoms. The maximum atomic E-state index is 13.3. The molecule has 168 valence electrons. The van der Waals surface area contributed by atoms with Crippen LogP contribution in [0.15, 0.2) is 69.3 Å². The fraction of sp³-hybridized carbons (Fsp3) is 0.273. The molecule has 0 radical (unpaired) electrons. The van der Waals surface area contributed by atoms with E-state index < -0.39 is 10.0 Å². The first-order chi connectivity index (χ1) is 15.2. The second-order valence-electron chi connectivity index (χ2n) is 7.70. The van der Waals surface area contributed by atoms with Crippen molar-refractivity contribution in [1.29, 1.82) is 0 Å². The van der Waals surface area contributed by atoms with Gasteiger partial charge >= 0.3 is 0 Å². The minimum atomic E-state index is -3.73. The number of nitrogens with zero attached hydrogens (tertiary/aromatic N) is 3. The Hall–Kier alpha value is -2.37. The quantitative estimate of drug-likeness (QED) is 0.547. The van der Waals surface area contributed by atoms with E-state index in [4.69, 9.17) is 10.2 Å². The summed E-state index contributed by atoms with van der Waals surface area (Å²) in [6.07, 6.45) is 0.695. The molecule has 0 aliphatic carbocycles. The number of benzene rings is 1. The molecule has 10 heteroatoms. The second-order valence-corrected chi connectivity index (χ2v) is 11.2. The van der Waals surface area contributed by atoms with Gasteiger partial charge in [-0.2, -0.15) is 5.10 Å². The lowest BCUT2D eigenvalue weighted by Gasteiger charge is -2.28. The maximum absolute atomic E-state index is 13.3. The molecule has 1 aromatic carbocycles. The third kappa shape index (κ3) is 4.84. The topological polar surface area (TPSA) is 96.1 Å². The van der Waals surface area contributed by atoms with Crippen LogP contribution in [0.1, 0.15) is 40.7 Å². The van der Waals surface area contributed by atoms with Gasteiger partial charge in [-0.15, -0.1) is 22.7 Å². The van der Waals surface area contributed by atoms with Crippen LogP contribution in [0, 0.1) is 0 Å². The first kappa shape index (κ1) is 22.8. The van der Waals surface area contributed by atoms with E-state index >= 15 is 0 Å². The standard InChI is InChI=1S/C22H24N4O3S3/c1-15(16-7-9-17(10-8-16)32(23,28)29)25(2)14-22(27)26-19(21-6-4-12-31-21)13-18(24-26)20-5-3-11-30-20/h3-12,15,19H,13-14H2,1-2H3,(H2,23,28,29). The average Bonchev–Trinajstić information content (AvgIpc) is 3.53. The average molecular weight is 489 g/mol. The Bertz CT molecular complexity index is 1200. The van der Waals surface area contributed by atoms with Gasteiger partial charge in [-0.25, -0.2) is 18.6 Å². The third-order valence-corrected chi connectivity index (χ3v) is 8.40. The van der Waals surface area contributed by atoms with Crippen molar-refractivity contribution in [2.24, 2.45) is 10.2 Å². The molecule has 0 fully saturated rings. The Morgan fingerprint density at radius 1 is 1.19 bits per heavy atom. The molecule has 2 atom stereocenters. The number of sulfonamides is 1. The number of hydrogen-bond acceptors (Lipinski definition) is 7. The molecule has 1 aliphatic rings. The van der Waals surface area contributed by atoms with Crippen molar-refractivity contribution in [3.05, 3.63) is 74.6 Å². The van der Waals surface area contributed by atoms with Gasteiger partial charge in [0.2, 0.25) is 10.0 Å². The Labute approximate surface area is 195 Å². The zero-order chi connectivity index (χ0) is 22.9. The Kier molecular flexibility index (Phi) is 6.59. The molecule has 1 amide bonds. The second kappa shape index (κ2) is 9.24. The van der Waals surface area contributed by atoms with E-state index in [1.54, 1.807) is 39.8 Å². The summed E-state index contributed by atoms with van der Waals surface area (Å²) in [6.45, 7) is 2.15. The number of carbonyl (C=O) groups is 1. The summed E-state index contributed by atoms with van der Waals surface area (Å²) >= 11 is 3.25. The molecule has 2 unspecified atom stereocenters. The minimum absolute atomic E-state index is 0.0680. The van der Waals surface area contributed by atoms with E-state index in [0.29, 0.717) is 6.42 Å². The summed E-state index contributed by atoms with van der Waals surface area (Å²) in [5.41, 5.74) is 1.83. The highest BCUT2D eigenvalue weighted by Crippen LogP contribution is 2.36. The molecule has 3 aromatic rings. The monoisotopic (exact) mass is 488 g/mol. The molecular formula is C22H24N4O3S3. The van der Waals surface area contributed by atoms with Crippen molar-refractivity contribution < 1.29 is 13.2 Å². The number of amides is 1. The molecular weight excluding hydrogens is 464 g/mol. The highest BCUT2D eigenvalue weighted by molar-refractivity contribution is 7.89. The molecule has 0 saturated heterocycles. The van der Waals surface area contributed by atoms with Crippen molar-refractivity contribution in [2.75, 3.05) is 13.6 Å². The molecule has 0 saturated carbocycles. The largest absolute Gasteiger partial charge is 0.291 e. The normalized spacial score (nSPS) is 17.6. The van der Waals surface area contributed by atoms with Gasteiger partial charge in [0.05, 0.1) is 28.1 Å². The highest BCUT2D eigenvalue weighted by Gasteiger charge is 2.34. The molecule has 32 heavy (non-hydrogen) atoms. The summed E-state index contributed by atoms with van der Waals surface area (Å²) in [5, 5.41) is 15.5. The van der Waals surface area contributed by atoms with Crippen LogP contribution in [0.2, 0.25) is 0 Å². The Morgan fingerprint density at radius 3 is 2.47 bits per heavy atom. The van der Waals surface area contributed by atoms with Gasteiger partial charge in [-0.1, -0.05) is 24.3 Å². The molecule has 4 rings (SSSR count). The predicted molar refractivity (Wildman–Crippen MR) is 128 cm³/mol. The lowest BCUT2D eigenvalue weighted by atomic mass is 10.1. The summed E-state index contributed by atoms with van der Waals surface area (Å²) in [4.78, 5) is 17.5. The maximum Gasteiger partial charge on any atom is 0.257 e. The molecule has 1 aliphatic heterocycles. The van der Waals surface area contributed by atoms with Crippen molar-refractivity contribution in [3.8, 4) is 0 Å². The van der Waals surface area contributed by atoms with Crippen LogP contribution in [-0.4, -0.2) is 43.5 Å². The fourth-order valence-corrected chi connectivity index (χ4v) is 5.70. The van der Waals surface area contributed by atoms with Crippen LogP contribution in [0.5, 0.6) is 0 Å². The van der Waals surface area contributed by atoms with E-state index in [2.05, 4.69) is 0 Å². The summed E-state index contributed by atoms with van der Waals surface area (Å²) in [7, 11) is -1.86. The fourth-order valence-electron chi connectivity index (χ4n) is 3.65. The number of rotatable bonds is 7. The van der Waals surface area contributed by atoms with Crippen LogP contribution in [-0.2, 0) is 14.8 Å². The number of likely N-dealkylation sites (N-methyl/N-ethyl adjacent to an activating group) is 1. The zero-order valence-electron chi connectivity index (χ0n) is 17.7. The number of nitrogens with two attached hydrogens (primary N) is 1. The molecule has 2 N–H and O–H groups in total. The molecule has 7 nitrogen and oxygen atoms in total. The Morgan fingerprint density at radius 2 is 1.88 bits per heavy atom. The van der Waals surface area contributed by atoms with Gasteiger partial charge in [0.25, 0.3) is 5.91 Å². The summed E-state index contributed by atoms with van der Waals surface area (Å²) < 4.78 is 23.0. The van der Waals surface area contributed by atoms with Crippen molar-refractivity contribution in [3.63, 3.8) is 0 Å². The highest BCUT2D eigenvalue weighted by atomic mass is 32.2. The van der Waals surface area contributed by atoms with Crippen LogP contribution in [0.3, 0.4) is 0 Å². The number of carbonyl (C=O) groups excluding carboxylic acids is 1. The minimum Gasteiger partial charge on any atom is -0.291 e. The number of hydrogen-bond donors (Lipinski definition) is 1. The predicted octanol–water partition coefficient (Wildman–Crippen LogP) is 3.83. The number of primary sulfonamides is 1.